The van der Waals surface area contributed by atoms with Gasteiger partial charge in [-0.25, -0.2) is 9.78 Å². The van der Waals surface area contributed by atoms with Crippen LogP contribution in [0.1, 0.15) is 30.3 Å². The lowest BCUT2D eigenvalue weighted by Crippen LogP contribution is -2.46. The Balaban J connectivity index is 1.56. The first kappa shape index (κ1) is 18.7. The molecule has 3 rings (SSSR count). The third kappa shape index (κ3) is 4.53. The Bertz CT molecular complexity index is 787. The highest BCUT2D eigenvalue weighted by atomic mass is 35.5. The number of likely N-dealkylation sites (tertiary alicyclic amines) is 1. The second kappa shape index (κ2) is 8.51. The number of benzene rings is 1. The average Bonchev–Trinajstić information content (AvgIpc) is 3.13. The van der Waals surface area contributed by atoms with Crippen LogP contribution in [-0.4, -0.2) is 47.6 Å². The molecule has 138 valence electrons. The molecule has 0 radical (unpaired) electrons. The minimum absolute atomic E-state index is 0.0319. The third-order valence-corrected chi connectivity index (χ3v) is 5.29. The van der Waals surface area contributed by atoms with E-state index in [4.69, 9.17) is 16.3 Å². The standard InChI is InChI=1S/C18H20ClN3O3S/c1-2-25-18(24)22-8-6-14(7-9-22)20-16(23)15-11-26-17(21-15)12-4-3-5-13(19)10-12/h3-5,10-11,14H,2,6-9H2,1H3,(H,20,23). The van der Waals surface area contributed by atoms with Gasteiger partial charge in [-0.1, -0.05) is 23.7 Å². The first-order chi connectivity index (χ1) is 12.6. The predicted octanol–water partition coefficient (Wildman–Crippen LogP) is 3.81. The number of nitrogens with zero attached hydrogens (tertiary/aromatic N) is 2. The number of thiazole rings is 1. The van der Waals surface area contributed by atoms with Crippen molar-refractivity contribution in [3.05, 3.63) is 40.4 Å². The molecule has 2 aromatic rings. The molecule has 2 amide bonds. The maximum absolute atomic E-state index is 12.4. The number of hydrogen-bond acceptors (Lipinski definition) is 5. The molecule has 1 fully saturated rings. The van der Waals surface area contributed by atoms with Crippen molar-refractivity contribution in [2.24, 2.45) is 0 Å². The molecule has 8 heteroatoms. The maximum Gasteiger partial charge on any atom is 0.409 e. The van der Waals surface area contributed by atoms with Crippen molar-refractivity contribution >= 4 is 34.9 Å². The zero-order valence-corrected chi connectivity index (χ0v) is 16.0. The van der Waals surface area contributed by atoms with Crippen molar-refractivity contribution < 1.29 is 14.3 Å². The van der Waals surface area contributed by atoms with Crippen LogP contribution in [0.15, 0.2) is 29.6 Å². The smallest absolute Gasteiger partial charge is 0.409 e. The summed E-state index contributed by atoms with van der Waals surface area (Å²) >= 11 is 7.42. The van der Waals surface area contributed by atoms with Gasteiger partial charge >= 0.3 is 6.09 Å². The molecule has 0 bridgehead atoms. The van der Waals surface area contributed by atoms with Crippen molar-refractivity contribution in [2.75, 3.05) is 19.7 Å². The predicted molar refractivity (Wildman–Crippen MR) is 102 cm³/mol. The van der Waals surface area contributed by atoms with Gasteiger partial charge in [-0.3, -0.25) is 4.79 Å². The minimum atomic E-state index is -0.289. The average molecular weight is 394 g/mol. The largest absolute Gasteiger partial charge is 0.450 e. The van der Waals surface area contributed by atoms with Crippen LogP contribution in [0, 0.1) is 0 Å². The summed E-state index contributed by atoms with van der Waals surface area (Å²) in [6.07, 6.45) is 1.12. The number of carbonyl (C=O) groups is 2. The van der Waals surface area contributed by atoms with Crippen molar-refractivity contribution in [1.29, 1.82) is 0 Å². The number of hydrogen-bond donors (Lipinski definition) is 1. The van der Waals surface area contributed by atoms with E-state index in [-0.39, 0.29) is 18.0 Å². The van der Waals surface area contributed by atoms with Gasteiger partial charge in [0.05, 0.1) is 6.61 Å². The van der Waals surface area contributed by atoms with Crippen molar-refractivity contribution in [1.82, 2.24) is 15.2 Å². The Morgan fingerprint density at radius 2 is 2.15 bits per heavy atom. The Labute approximate surface area is 161 Å². The van der Waals surface area contributed by atoms with E-state index in [0.29, 0.717) is 43.3 Å². The van der Waals surface area contributed by atoms with E-state index < -0.39 is 0 Å². The number of ether oxygens (including phenoxy) is 1. The van der Waals surface area contributed by atoms with Crippen LogP contribution in [0.3, 0.4) is 0 Å². The van der Waals surface area contributed by atoms with Gasteiger partial charge in [0.1, 0.15) is 10.7 Å². The number of amides is 2. The second-order valence-corrected chi connectivity index (χ2v) is 7.28. The fourth-order valence-electron chi connectivity index (χ4n) is 2.81. The number of nitrogens with one attached hydrogen (secondary N) is 1. The maximum atomic E-state index is 12.4. The van der Waals surface area contributed by atoms with Gasteiger partial charge in [0.25, 0.3) is 5.91 Å². The minimum Gasteiger partial charge on any atom is -0.450 e. The highest BCUT2D eigenvalue weighted by molar-refractivity contribution is 7.13. The molecule has 26 heavy (non-hydrogen) atoms. The third-order valence-electron chi connectivity index (χ3n) is 4.16. The number of rotatable bonds is 4. The van der Waals surface area contributed by atoms with Gasteiger partial charge in [0.15, 0.2) is 0 Å². The molecule has 0 saturated carbocycles. The lowest BCUT2D eigenvalue weighted by atomic mass is 10.1. The molecule has 1 N–H and O–H groups in total. The zero-order valence-electron chi connectivity index (χ0n) is 14.4. The molecule has 1 saturated heterocycles. The molecule has 0 aliphatic carbocycles. The summed E-state index contributed by atoms with van der Waals surface area (Å²) in [5.41, 5.74) is 1.29. The van der Waals surface area contributed by atoms with E-state index in [9.17, 15) is 9.59 Å². The molecule has 0 atom stereocenters. The van der Waals surface area contributed by atoms with Crippen LogP contribution < -0.4 is 5.32 Å². The van der Waals surface area contributed by atoms with E-state index in [1.54, 1.807) is 23.3 Å². The molecule has 1 aromatic carbocycles. The summed E-state index contributed by atoms with van der Waals surface area (Å²) in [5, 5.41) is 6.15. The molecular formula is C18H20ClN3O3S. The van der Waals surface area contributed by atoms with E-state index >= 15 is 0 Å². The molecule has 6 nitrogen and oxygen atoms in total. The number of carbonyl (C=O) groups excluding carboxylic acids is 2. The van der Waals surface area contributed by atoms with Crippen LogP contribution in [0.5, 0.6) is 0 Å². The molecule has 1 aliphatic rings. The van der Waals surface area contributed by atoms with E-state index in [1.807, 2.05) is 18.2 Å². The first-order valence-corrected chi connectivity index (χ1v) is 9.76. The van der Waals surface area contributed by atoms with E-state index in [0.717, 1.165) is 10.6 Å². The quantitative estimate of drug-likeness (QED) is 0.857. The van der Waals surface area contributed by atoms with Gasteiger partial charge in [-0.15, -0.1) is 11.3 Å². The highest BCUT2D eigenvalue weighted by Crippen LogP contribution is 2.26. The number of aromatic nitrogens is 1. The van der Waals surface area contributed by atoms with E-state index in [2.05, 4.69) is 10.3 Å². The monoisotopic (exact) mass is 393 g/mol. The second-order valence-electron chi connectivity index (χ2n) is 5.98. The van der Waals surface area contributed by atoms with Crippen molar-refractivity contribution in [3.8, 4) is 10.6 Å². The SMILES string of the molecule is CCOC(=O)N1CCC(NC(=O)c2csc(-c3cccc(Cl)c3)n2)CC1. The van der Waals surface area contributed by atoms with Gasteiger partial charge in [-0.05, 0) is 31.9 Å². The first-order valence-electron chi connectivity index (χ1n) is 8.51. The van der Waals surface area contributed by atoms with Crippen LogP contribution >= 0.6 is 22.9 Å². The lowest BCUT2D eigenvalue weighted by Gasteiger charge is -2.31. The van der Waals surface area contributed by atoms with Gasteiger partial charge < -0.3 is 15.0 Å². The highest BCUT2D eigenvalue weighted by Gasteiger charge is 2.25. The summed E-state index contributed by atoms with van der Waals surface area (Å²) in [4.78, 5) is 30.2. The Morgan fingerprint density at radius 3 is 2.85 bits per heavy atom. The van der Waals surface area contributed by atoms with Crippen LogP contribution in [0.4, 0.5) is 4.79 Å². The van der Waals surface area contributed by atoms with Crippen molar-refractivity contribution in [2.45, 2.75) is 25.8 Å². The fraction of sp³-hybridized carbons (Fsp3) is 0.389. The summed E-state index contributed by atoms with van der Waals surface area (Å²) in [5.74, 6) is -0.191. The normalized spacial score (nSPS) is 14.9. The summed E-state index contributed by atoms with van der Waals surface area (Å²) < 4.78 is 5.00. The molecular weight excluding hydrogens is 374 g/mol. The molecule has 1 aliphatic heterocycles. The van der Waals surface area contributed by atoms with Crippen LogP contribution in [-0.2, 0) is 4.74 Å². The van der Waals surface area contributed by atoms with Crippen molar-refractivity contribution in [3.63, 3.8) is 0 Å². The summed E-state index contributed by atoms with van der Waals surface area (Å²) in [7, 11) is 0. The Morgan fingerprint density at radius 1 is 1.38 bits per heavy atom. The fourth-order valence-corrected chi connectivity index (χ4v) is 3.80. The topological polar surface area (TPSA) is 71.5 Å². The van der Waals surface area contributed by atoms with Crippen LogP contribution in [0.25, 0.3) is 10.6 Å². The van der Waals surface area contributed by atoms with E-state index in [1.165, 1.54) is 11.3 Å². The molecule has 0 spiro atoms. The van der Waals surface area contributed by atoms with Gasteiger partial charge in [-0.2, -0.15) is 0 Å². The molecule has 0 unspecified atom stereocenters. The molecule has 2 heterocycles. The van der Waals surface area contributed by atoms with Gasteiger partial charge in [0, 0.05) is 35.1 Å². The summed E-state index contributed by atoms with van der Waals surface area (Å²) in [6.45, 7) is 3.31. The Kier molecular flexibility index (Phi) is 6.11. The van der Waals surface area contributed by atoms with Gasteiger partial charge in [0.2, 0.25) is 0 Å². The zero-order chi connectivity index (χ0) is 18.5. The number of halogens is 1. The lowest BCUT2D eigenvalue weighted by molar-refractivity contribution is 0.0857. The Hall–Kier alpha value is -2.12. The van der Waals surface area contributed by atoms with Crippen LogP contribution in [0.2, 0.25) is 5.02 Å². The summed E-state index contributed by atoms with van der Waals surface area (Å²) in [6, 6.07) is 7.43. The molecule has 1 aromatic heterocycles. The number of piperidine rings is 1.